The number of methoxy groups -OCH3 is 1. The van der Waals surface area contributed by atoms with Crippen molar-refractivity contribution in [2.75, 3.05) is 33.4 Å². The number of carbonyl (C=O) groups excluding carboxylic acids is 2. The van der Waals surface area contributed by atoms with Crippen LogP contribution >= 0.6 is 0 Å². The maximum Gasteiger partial charge on any atom is 0.253 e. The second-order valence-electron chi connectivity index (χ2n) is 8.76. The highest BCUT2D eigenvalue weighted by Crippen LogP contribution is 2.26. The van der Waals surface area contributed by atoms with E-state index in [1.807, 2.05) is 29.2 Å². The number of rotatable bonds is 7. The molecular weight excluding hydrogens is 423 g/mol. The van der Waals surface area contributed by atoms with Gasteiger partial charge in [-0.15, -0.1) is 0 Å². The topological polar surface area (TPSA) is 59.1 Å². The monoisotopic (exact) mass is 454 g/mol. The van der Waals surface area contributed by atoms with E-state index in [1.165, 1.54) is 24.3 Å². The van der Waals surface area contributed by atoms with Gasteiger partial charge in [0.2, 0.25) is 5.91 Å². The Morgan fingerprint density at radius 1 is 1.12 bits per heavy atom. The molecule has 2 aliphatic heterocycles. The van der Waals surface area contributed by atoms with Crippen molar-refractivity contribution in [3.63, 3.8) is 0 Å². The molecule has 0 spiro atoms. The molecule has 2 aliphatic rings. The third-order valence-corrected chi connectivity index (χ3v) is 6.46. The summed E-state index contributed by atoms with van der Waals surface area (Å²) in [5.74, 6) is -0.0334. The van der Waals surface area contributed by atoms with Gasteiger partial charge in [0, 0.05) is 43.9 Å². The first kappa shape index (κ1) is 23.2. The number of ether oxygens (including phenoxy) is 2. The van der Waals surface area contributed by atoms with Gasteiger partial charge in [0.15, 0.2) is 0 Å². The number of carbonyl (C=O) groups is 2. The van der Waals surface area contributed by atoms with Gasteiger partial charge in [0.25, 0.3) is 5.91 Å². The van der Waals surface area contributed by atoms with Crippen LogP contribution in [0.4, 0.5) is 4.39 Å². The Hall–Kier alpha value is -2.93. The fraction of sp³-hybridized carbons (Fsp3) is 0.462. The summed E-state index contributed by atoms with van der Waals surface area (Å²) in [6.07, 6.45) is 3.47. The van der Waals surface area contributed by atoms with E-state index < -0.39 is 0 Å². The maximum atomic E-state index is 13.7. The Balaban J connectivity index is 1.49. The molecule has 0 bridgehead atoms. The van der Waals surface area contributed by atoms with E-state index in [2.05, 4.69) is 0 Å². The molecule has 0 aromatic heterocycles. The first-order valence-electron chi connectivity index (χ1n) is 11.6. The Morgan fingerprint density at radius 2 is 1.91 bits per heavy atom. The van der Waals surface area contributed by atoms with Gasteiger partial charge in [-0.2, -0.15) is 0 Å². The zero-order valence-corrected chi connectivity index (χ0v) is 19.0. The summed E-state index contributed by atoms with van der Waals surface area (Å²) in [5, 5.41) is 0. The molecule has 2 heterocycles. The van der Waals surface area contributed by atoms with Gasteiger partial charge < -0.3 is 19.3 Å². The number of halogens is 1. The van der Waals surface area contributed by atoms with Gasteiger partial charge in [-0.1, -0.05) is 18.2 Å². The molecule has 4 rings (SSSR count). The van der Waals surface area contributed by atoms with Crippen molar-refractivity contribution in [1.82, 2.24) is 9.80 Å². The number of hydrogen-bond donors (Lipinski definition) is 0. The Labute approximate surface area is 194 Å². The second kappa shape index (κ2) is 10.8. The first-order chi connectivity index (χ1) is 16.0. The van der Waals surface area contributed by atoms with E-state index in [9.17, 15) is 14.0 Å². The van der Waals surface area contributed by atoms with Crippen LogP contribution in [-0.4, -0.2) is 61.1 Å². The van der Waals surface area contributed by atoms with Crippen molar-refractivity contribution in [1.29, 1.82) is 0 Å². The average molecular weight is 455 g/mol. The van der Waals surface area contributed by atoms with Crippen molar-refractivity contribution < 1.29 is 23.5 Å². The van der Waals surface area contributed by atoms with E-state index in [4.69, 9.17) is 9.47 Å². The zero-order chi connectivity index (χ0) is 23.2. The van der Waals surface area contributed by atoms with Gasteiger partial charge in [0.05, 0.1) is 19.1 Å². The van der Waals surface area contributed by atoms with Crippen LogP contribution in [0.15, 0.2) is 48.5 Å². The lowest BCUT2D eigenvalue weighted by Gasteiger charge is -2.36. The number of hydrogen-bond acceptors (Lipinski definition) is 4. The molecule has 2 unspecified atom stereocenters. The molecule has 0 radical (unpaired) electrons. The summed E-state index contributed by atoms with van der Waals surface area (Å²) in [4.78, 5) is 30.2. The van der Waals surface area contributed by atoms with Crippen molar-refractivity contribution in [2.45, 2.75) is 38.3 Å². The van der Waals surface area contributed by atoms with Crippen LogP contribution in [-0.2, 0) is 16.1 Å². The number of para-hydroxylation sites is 1. The van der Waals surface area contributed by atoms with Crippen LogP contribution in [0, 0.1) is 11.7 Å². The third kappa shape index (κ3) is 5.71. The molecular formula is C26H31FN2O4. The molecule has 0 saturated carbocycles. The first-order valence-corrected chi connectivity index (χ1v) is 11.6. The van der Waals surface area contributed by atoms with E-state index in [1.54, 1.807) is 12.0 Å². The molecule has 0 N–H and O–H groups in total. The van der Waals surface area contributed by atoms with Crippen LogP contribution in [0.5, 0.6) is 5.75 Å². The van der Waals surface area contributed by atoms with Gasteiger partial charge in [-0.25, -0.2) is 4.39 Å². The molecule has 2 aromatic carbocycles. The standard InChI is InChI=1S/C26H31FN2O4/c1-32-24-9-3-2-6-20(24)16-29(18-23-8-5-15-33-23)26(31)21-7-4-14-28(17-21)25(30)19-10-12-22(27)13-11-19/h2-3,6,9-13,21,23H,4-5,7-8,14-18H2,1H3. The summed E-state index contributed by atoms with van der Waals surface area (Å²) in [6, 6.07) is 13.3. The lowest BCUT2D eigenvalue weighted by molar-refractivity contribution is -0.139. The largest absolute Gasteiger partial charge is 0.496 e. The summed E-state index contributed by atoms with van der Waals surface area (Å²) in [6.45, 7) is 2.65. The van der Waals surface area contributed by atoms with Crippen molar-refractivity contribution >= 4 is 11.8 Å². The molecule has 2 saturated heterocycles. The lowest BCUT2D eigenvalue weighted by atomic mass is 9.95. The van der Waals surface area contributed by atoms with Gasteiger partial charge in [-0.3, -0.25) is 9.59 Å². The predicted octanol–water partition coefficient (Wildman–Crippen LogP) is 3.89. The minimum absolute atomic E-state index is 0.0317. The van der Waals surface area contributed by atoms with Gasteiger partial charge in [0.1, 0.15) is 11.6 Å². The van der Waals surface area contributed by atoms with E-state index >= 15 is 0 Å². The van der Waals surface area contributed by atoms with Crippen molar-refractivity contribution in [3.8, 4) is 5.75 Å². The molecule has 2 atom stereocenters. The summed E-state index contributed by atoms with van der Waals surface area (Å²) < 4.78 is 24.6. The number of piperidine rings is 1. The van der Waals surface area contributed by atoms with Crippen LogP contribution in [0.1, 0.15) is 41.6 Å². The molecule has 2 amide bonds. The van der Waals surface area contributed by atoms with E-state index in [0.717, 1.165) is 43.6 Å². The fourth-order valence-corrected chi connectivity index (χ4v) is 4.70. The van der Waals surface area contributed by atoms with Crippen molar-refractivity contribution in [2.24, 2.45) is 5.92 Å². The minimum Gasteiger partial charge on any atom is -0.496 e. The van der Waals surface area contributed by atoms with Crippen LogP contribution in [0.2, 0.25) is 0 Å². The predicted molar refractivity (Wildman–Crippen MR) is 122 cm³/mol. The Kier molecular flexibility index (Phi) is 7.60. The van der Waals surface area contributed by atoms with Gasteiger partial charge in [-0.05, 0) is 56.0 Å². The van der Waals surface area contributed by atoms with E-state index in [-0.39, 0.29) is 29.7 Å². The smallest absolute Gasteiger partial charge is 0.253 e. The fourth-order valence-electron chi connectivity index (χ4n) is 4.70. The second-order valence-corrected chi connectivity index (χ2v) is 8.76. The Morgan fingerprint density at radius 3 is 2.64 bits per heavy atom. The number of nitrogens with zero attached hydrogens (tertiary/aromatic N) is 2. The zero-order valence-electron chi connectivity index (χ0n) is 19.0. The minimum atomic E-state index is -0.376. The average Bonchev–Trinajstić information content (AvgIpc) is 3.37. The molecule has 2 fully saturated rings. The molecule has 2 aromatic rings. The SMILES string of the molecule is COc1ccccc1CN(CC1CCCO1)C(=O)C1CCCN(C(=O)c2ccc(F)cc2)C1. The number of amides is 2. The quantitative estimate of drug-likeness (QED) is 0.637. The Bertz CT molecular complexity index is 959. The number of likely N-dealkylation sites (tertiary alicyclic amines) is 1. The van der Waals surface area contributed by atoms with Crippen LogP contribution in [0.3, 0.4) is 0 Å². The van der Waals surface area contributed by atoms with Crippen LogP contribution in [0.25, 0.3) is 0 Å². The summed E-state index contributed by atoms with van der Waals surface area (Å²) in [7, 11) is 1.63. The summed E-state index contributed by atoms with van der Waals surface area (Å²) >= 11 is 0. The van der Waals surface area contributed by atoms with Crippen LogP contribution < -0.4 is 4.74 Å². The molecule has 0 aliphatic carbocycles. The molecule has 176 valence electrons. The molecule has 7 heteroatoms. The number of benzene rings is 2. The third-order valence-electron chi connectivity index (χ3n) is 6.46. The molecule has 6 nitrogen and oxygen atoms in total. The normalized spacial score (nSPS) is 20.5. The van der Waals surface area contributed by atoms with Gasteiger partial charge >= 0.3 is 0 Å². The highest BCUT2D eigenvalue weighted by atomic mass is 19.1. The lowest BCUT2D eigenvalue weighted by Crippen LogP contribution is -2.48. The van der Waals surface area contributed by atoms with Crippen molar-refractivity contribution in [3.05, 3.63) is 65.5 Å². The molecule has 33 heavy (non-hydrogen) atoms. The van der Waals surface area contributed by atoms with E-state index in [0.29, 0.717) is 31.7 Å². The maximum absolute atomic E-state index is 13.7. The highest BCUT2D eigenvalue weighted by molar-refractivity contribution is 5.94. The highest BCUT2D eigenvalue weighted by Gasteiger charge is 2.33. The summed E-state index contributed by atoms with van der Waals surface area (Å²) in [5.41, 5.74) is 1.39.